The molecule has 0 radical (unpaired) electrons. The molecule has 0 saturated carbocycles. The zero-order valence-electron chi connectivity index (χ0n) is 12.9. The van der Waals surface area contributed by atoms with Crippen molar-refractivity contribution in [2.45, 2.75) is 51.7 Å². The topological polar surface area (TPSA) is 93.1 Å². The van der Waals surface area contributed by atoms with E-state index in [2.05, 4.69) is 0 Å². The number of likely N-dealkylation sites (tertiary alicyclic amines) is 1. The second-order valence-corrected chi connectivity index (χ2v) is 6.21. The smallest absolute Gasteiger partial charge is 0.411 e. The van der Waals surface area contributed by atoms with E-state index in [4.69, 9.17) is 14.6 Å². The fourth-order valence-corrected chi connectivity index (χ4v) is 2.34. The Labute approximate surface area is 124 Å². The summed E-state index contributed by atoms with van der Waals surface area (Å²) in [7, 11) is 1.26. The summed E-state index contributed by atoms with van der Waals surface area (Å²) in [6.45, 7) is 5.55. The Morgan fingerprint density at radius 1 is 1.29 bits per heavy atom. The zero-order valence-corrected chi connectivity index (χ0v) is 12.9. The van der Waals surface area contributed by atoms with Crippen molar-refractivity contribution in [2.75, 3.05) is 13.7 Å². The van der Waals surface area contributed by atoms with E-state index in [0.29, 0.717) is 19.4 Å². The maximum atomic E-state index is 12.2. The quantitative estimate of drug-likeness (QED) is 0.794. The summed E-state index contributed by atoms with van der Waals surface area (Å²) in [5, 5.41) is 8.73. The number of methoxy groups -OCH3 is 1. The molecule has 7 nitrogen and oxygen atoms in total. The molecule has 2 atom stereocenters. The summed E-state index contributed by atoms with van der Waals surface area (Å²) in [5.74, 6) is -1.43. The van der Waals surface area contributed by atoms with Crippen molar-refractivity contribution in [1.29, 1.82) is 0 Å². The maximum absolute atomic E-state index is 12.2. The van der Waals surface area contributed by atoms with Crippen molar-refractivity contribution in [3.63, 3.8) is 0 Å². The average Bonchev–Trinajstić information content (AvgIpc) is 2.77. The predicted octanol–water partition coefficient (Wildman–Crippen LogP) is 1.65. The highest BCUT2D eigenvalue weighted by molar-refractivity contribution is 5.82. The molecule has 1 amide bonds. The molecule has 0 aliphatic carbocycles. The molecule has 2 unspecified atom stereocenters. The molecule has 0 spiro atoms. The van der Waals surface area contributed by atoms with Gasteiger partial charge < -0.3 is 14.6 Å². The molecule has 0 aromatic heterocycles. The summed E-state index contributed by atoms with van der Waals surface area (Å²) in [6, 6.07) is -0.705. The van der Waals surface area contributed by atoms with Gasteiger partial charge in [0.25, 0.3) is 0 Å². The van der Waals surface area contributed by atoms with Gasteiger partial charge in [0.05, 0.1) is 7.11 Å². The molecule has 21 heavy (non-hydrogen) atoms. The summed E-state index contributed by atoms with van der Waals surface area (Å²) in [5.41, 5.74) is -0.656. The lowest BCUT2D eigenvalue weighted by atomic mass is 10.00. The van der Waals surface area contributed by atoms with E-state index in [0.717, 1.165) is 0 Å². The van der Waals surface area contributed by atoms with Crippen LogP contribution in [0.25, 0.3) is 0 Å². The number of aliphatic carboxylic acids is 1. The first-order valence-electron chi connectivity index (χ1n) is 6.93. The first kappa shape index (κ1) is 17.3. The molecule has 0 aromatic carbocycles. The van der Waals surface area contributed by atoms with Crippen LogP contribution >= 0.6 is 0 Å². The molecule has 1 aliphatic heterocycles. The molecule has 1 N–H and O–H groups in total. The van der Waals surface area contributed by atoms with Crippen molar-refractivity contribution in [3.8, 4) is 0 Å². The third-order valence-corrected chi connectivity index (χ3v) is 3.26. The number of esters is 1. The van der Waals surface area contributed by atoms with Crippen LogP contribution in [0.2, 0.25) is 0 Å². The Morgan fingerprint density at radius 3 is 2.38 bits per heavy atom. The van der Waals surface area contributed by atoms with Crippen LogP contribution in [0, 0.1) is 5.92 Å². The Hall–Kier alpha value is -1.79. The van der Waals surface area contributed by atoms with Gasteiger partial charge in [0.15, 0.2) is 0 Å². The third kappa shape index (κ3) is 5.24. The second kappa shape index (κ2) is 6.78. The van der Waals surface area contributed by atoms with Gasteiger partial charge in [-0.15, -0.1) is 0 Å². The van der Waals surface area contributed by atoms with Crippen LogP contribution in [0.1, 0.15) is 40.0 Å². The van der Waals surface area contributed by atoms with Gasteiger partial charge >= 0.3 is 18.0 Å². The van der Waals surface area contributed by atoms with Gasteiger partial charge in [0, 0.05) is 13.0 Å². The lowest BCUT2D eigenvalue weighted by molar-refractivity contribution is -0.145. The van der Waals surface area contributed by atoms with Gasteiger partial charge in [0.2, 0.25) is 0 Å². The molecular formula is C14H23NO6. The molecule has 0 bridgehead atoms. The number of hydrogen-bond acceptors (Lipinski definition) is 5. The van der Waals surface area contributed by atoms with E-state index in [-0.39, 0.29) is 12.3 Å². The minimum Gasteiger partial charge on any atom is -0.481 e. The molecule has 1 saturated heterocycles. The van der Waals surface area contributed by atoms with Crippen molar-refractivity contribution in [2.24, 2.45) is 5.92 Å². The molecule has 1 heterocycles. The largest absolute Gasteiger partial charge is 0.481 e. The first-order valence-corrected chi connectivity index (χ1v) is 6.93. The Bertz CT molecular complexity index is 414. The number of ether oxygens (including phenoxy) is 2. The van der Waals surface area contributed by atoms with Crippen LogP contribution in [0.5, 0.6) is 0 Å². The number of rotatable bonds is 4. The fourth-order valence-electron chi connectivity index (χ4n) is 2.34. The van der Waals surface area contributed by atoms with Crippen LogP contribution in [0.3, 0.4) is 0 Å². The Morgan fingerprint density at radius 2 is 1.90 bits per heavy atom. The fraction of sp³-hybridized carbons (Fsp3) is 0.786. The zero-order chi connectivity index (χ0) is 16.2. The van der Waals surface area contributed by atoms with Crippen molar-refractivity contribution in [3.05, 3.63) is 0 Å². The number of nitrogens with zero attached hydrogens (tertiary/aromatic N) is 1. The predicted molar refractivity (Wildman–Crippen MR) is 73.7 cm³/mol. The van der Waals surface area contributed by atoms with E-state index in [1.54, 1.807) is 20.8 Å². The summed E-state index contributed by atoms with van der Waals surface area (Å²) >= 11 is 0. The van der Waals surface area contributed by atoms with Gasteiger partial charge in [-0.25, -0.2) is 9.59 Å². The van der Waals surface area contributed by atoms with Crippen molar-refractivity contribution >= 4 is 18.0 Å². The van der Waals surface area contributed by atoms with E-state index in [1.807, 2.05) is 0 Å². The highest BCUT2D eigenvalue weighted by Gasteiger charge is 2.41. The molecule has 1 rings (SSSR count). The minimum absolute atomic E-state index is 0.0146. The number of hydrogen-bond donors (Lipinski definition) is 1. The summed E-state index contributed by atoms with van der Waals surface area (Å²) in [6.07, 6.45) is 0.262. The molecular weight excluding hydrogens is 278 g/mol. The molecule has 120 valence electrons. The number of carboxylic acid groups (broad SMARTS) is 1. The van der Waals surface area contributed by atoms with E-state index in [9.17, 15) is 14.4 Å². The Balaban J connectivity index is 2.75. The number of carboxylic acids is 1. The van der Waals surface area contributed by atoms with Crippen molar-refractivity contribution in [1.82, 2.24) is 4.90 Å². The molecule has 1 fully saturated rings. The van der Waals surface area contributed by atoms with Gasteiger partial charge in [-0.3, -0.25) is 9.69 Å². The normalized spacial score (nSPS) is 22.0. The van der Waals surface area contributed by atoms with Gasteiger partial charge in [-0.05, 0) is 39.5 Å². The van der Waals surface area contributed by atoms with Crippen LogP contribution in [-0.4, -0.2) is 53.3 Å². The van der Waals surface area contributed by atoms with Gasteiger partial charge in [-0.2, -0.15) is 0 Å². The third-order valence-electron chi connectivity index (χ3n) is 3.26. The minimum atomic E-state index is -0.889. The lowest BCUT2D eigenvalue weighted by Crippen LogP contribution is -2.43. The SMILES string of the molecule is COC(=O)C1CC(CCC(=O)O)CN1C(=O)OC(C)(C)C. The van der Waals surface area contributed by atoms with Gasteiger partial charge in [-0.1, -0.05) is 0 Å². The highest BCUT2D eigenvalue weighted by atomic mass is 16.6. The standard InChI is InChI=1S/C14H23NO6/c1-14(2,3)21-13(19)15-8-9(5-6-11(16)17)7-10(15)12(18)20-4/h9-10H,5-8H2,1-4H3,(H,16,17). The van der Waals surface area contributed by atoms with Crippen LogP contribution in [0.15, 0.2) is 0 Å². The number of amides is 1. The van der Waals surface area contributed by atoms with Gasteiger partial charge in [0.1, 0.15) is 11.6 Å². The molecule has 1 aliphatic rings. The maximum Gasteiger partial charge on any atom is 0.411 e. The van der Waals surface area contributed by atoms with Crippen LogP contribution in [-0.2, 0) is 19.1 Å². The van der Waals surface area contributed by atoms with E-state index >= 15 is 0 Å². The summed E-state index contributed by atoms with van der Waals surface area (Å²) in [4.78, 5) is 35.9. The Kier molecular flexibility index (Phi) is 5.57. The molecule has 0 aromatic rings. The van der Waals surface area contributed by atoms with Crippen molar-refractivity contribution < 1.29 is 29.0 Å². The highest BCUT2D eigenvalue weighted by Crippen LogP contribution is 2.29. The lowest BCUT2D eigenvalue weighted by Gasteiger charge is -2.27. The summed E-state index contributed by atoms with van der Waals surface area (Å²) < 4.78 is 10.00. The first-order chi connectivity index (χ1) is 9.64. The number of carbonyl (C=O) groups is 3. The second-order valence-electron chi connectivity index (χ2n) is 6.21. The average molecular weight is 301 g/mol. The monoisotopic (exact) mass is 301 g/mol. The van der Waals surface area contributed by atoms with E-state index < -0.39 is 29.7 Å². The number of carbonyl (C=O) groups excluding carboxylic acids is 2. The molecule has 7 heteroatoms. The van der Waals surface area contributed by atoms with Crippen LogP contribution < -0.4 is 0 Å². The van der Waals surface area contributed by atoms with Crippen LogP contribution in [0.4, 0.5) is 4.79 Å². The van der Waals surface area contributed by atoms with E-state index in [1.165, 1.54) is 12.0 Å².